The van der Waals surface area contributed by atoms with E-state index in [1.54, 1.807) is 48.5 Å². The first-order chi connectivity index (χ1) is 24.1. The number of nitrogens with zero attached hydrogens (tertiary/aromatic N) is 2. The van der Waals surface area contributed by atoms with Gasteiger partial charge in [-0.15, -0.1) is 0 Å². The van der Waals surface area contributed by atoms with Gasteiger partial charge in [-0.25, -0.2) is 8.42 Å². The van der Waals surface area contributed by atoms with Gasteiger partial charge in [-0.1, -0.05) is 97.1 Å². The Labute approximate surface area is 304 Å². The molecule has 0 spiro atoms. The lowest BCUT2D eigenvalue weighted by Gasteiger charge is -2.35. The van der Waals surface area contributed by atoms with Gasteiger partial charge in [0.05, 0.1) is 24.8 Å². The summed E-state index contributed by atoms with van der Waals surface area (Å²) in [6.45, 7) is -0.753. The summed E-state index contributed by atoms with van der Waals surface area (Å²) >= 11 is 13.3. The van der Waals surface area contributed by atoms with E-state index in [4.69, 9.17) is 32.7 Å². The molecule has 0 bridgehead atoms. The van der Waals surface area contributed by atoms with E-state index < -0.39 is 28.5 Å². The third-order valence-electron chi connectivity index (χ3n) is 8.88. The fraction of sp³-hybridized carbons (Fsp3) is 0.316. The highest BCUT2D eigenvalue weighted by molar-refractivity contribution is 7.92. The number of hydrogen-bond donors (Lipinski definition) is 1. The van der Waals surface area contributed by atoms with Crippen LogP contribution in [0.25, 0.3) is 0 Å². The van der Waals surface area contributed by atoms with Gasteiger partial charge in [-0.05, 0) is 54.8 Å². The number of halogens is 2. The standard InChI is InChI=1S/C38H41Cl2N3O6S/c1-48-35-22-21-30(24-36(35)49-2)50(46,47)43(29-17-10-5-11-18-29)26-37(44)42(25-31-32(39)19-12-20-33(31)40)34(23-27-13-6-3-7-14-27)38(45)41-28-15-8-4-9-16-28/h3,5-7,10-14,17-22,24,28,34H,4,8-9,15-16,23,25-26H2,1-2H3,(H,41,45)/t34-/m1/s1. The smallest absolute Gasteiger partial charge is 0.264 e. The molecule has 2 amide bonds. The van der Waals surface area contributed by atoms with Crippen LogP contribution >= 0.6 is 23.2 Å². The van der Waals surface area contributed by atoms with E-state index in [9.17, 15) is 18.0 Å². The van der Waals surface area contributed by atoms with E-state index in [-0.39, 0.29) is 41.2 Å². The largest absolute Gasteiger partial charge is 0.493 e. The van der Waals surface area contributed by atoms with Gasteiger partial charge in [-0.2, -0.15) is 0 Å². The first-order valence-electron chi connectivity index (χ1n) is 16.5. The van der Waals surface area contributed by atoms with Crippen LogP contribution in [0.3, 0.4) is 0 Å². The van der Waals surface area contributed by atoms with Crippen molar-refractivity contribution in [2.45, 2.75) is 62.0 Å². The quantitative estimate of drug-likeness (QED) is 0.146. The summed E-state index contributed by atoms with van der Waals surface area (Å²) in [4.78, 5) is 30.4. The molecule has 12 heteroatoms. The average molecular weight is 739 g/mol. The number of carbonyl (C=O) groups excluding carboxylic acids is 2. The normalized spacial score (nSPS) is 14.0. The fourth-order valence-electron chi connectivity index (χ4n) is 6.18. The Bertz CT molecular complexity index is 1850. The van der Waals surface area contributed by atoms with E-state index in [0.717, 1.165) is 42.0 Å². The van der Waals surface area contributed by atoms with Crippen LogP contribution in [0, 0.1) is 0 Å². The van der Waals surface area contributed by atoms with Gasteiger partial charge in [0.2, 0.25) is 11.8 Å². The van der Waals surface area contributed by atoms with Crippen LogP contribution in [-0.2, 0) is 32.6 Å². The van der Waals surface area contributed by atoms with Crippen molar-refractivity contribution in [1.82, 2.24) is 10.2 Å². The molecule has 0 radical (unpaired) electrons. The first kappa shape index (κ1) is 37.0. The van der Waals surface area contributed by atoms with Crippen molar-refractivity contribution in [1.29, 1.82) is 0 Å². The highest BCUT2D eigenvalue weighted by Gasteiger charge is 2.36. The summed E-state index contributed by atoms with van der Waals surface area (Å²) < 4.78 is 40.6. The van der Waals surface area contributed by atoms with Crippen LogP contribution in [0.4, 0.5) is 5.69 Å². The minimum Gasteiger partial charge on any atom is -0.493 e. The van der Waals surface area contributed by atoms with Crippen molar-refractivity contribution < 1.29 is 27.5 Å². The number of rotatable bonds is 14. The molecule has 0 aromatic heterocycles. The Morgan fingerprint density at radius 3 is 2.06 bits per heavy atom. The van der Waals surface area contributed by atoms with Crippen molar-refractivity contribution in [2.24, 2.45) is 0 Å². The van der Waals surface area contributed by atoms with Crippen LogP contribution in [0.1, 0.15) is 43.2 Å². The highest BCUT2D eigenvalue weighted by atomic mass is 35.5. The number of hydrogen-bond acceptors (Lipinski definition) is 6. The Balaban J connectivity index is 1.59. The van der Waals surface area contributed by atoms with Gasteiger partial charge in [0.25, 0.3) is 10.0 Å². The van der Waals surface area contributed by atoms with Crippen molar-refractivity contribution in [3.05, 3.63) is 118 Å². The molecule has 1 aliphatic carbocycles. The van der Waals surface area contributed by atoms with Crippen molar-refractivity contribution in [3.63, 3.8) is 0 Å². The molecule has 0 aliphatic heterocycles. The van der Waals surface area contributed by atoms with Crippen LogP contribution < -0.4 is 19.1 Å². The number of amides is 2. The third kappa shape index (κ3) is 8.91. The summed E-state index contributed by atoms with van der Waals surface area (Å²) in [5.41, 5.74) is 1.54. The van der Waals surface area contributed by atoms with Gasteiger partial charge in [-0.3, -0.25) is 13.9 Å². The number of nitrogens with one attached hydrogen (secondary N) is 1. The maximum atomic E-state index is 14.8. The molecule has 0 unspecified atom stereocenters. The zero-order valence-corrected chi connectivity index (χ0v) is 30.4. The third-order valence-corrected chi connectivity index (χ3v) is 11.4. The zero-order chi connectivity index (χ0) is 35.7. The van der Waals surface area contributed by atoms with Gasteiger partial charge < -0.3 is 19.7 Å². The topological polar surface area (TPSA) is 105 Å². The minimum absolute atomic E-state index is 0.0263. The van der Waals surface area contributed by atoms with E-state index in [0.29, 0.717) is 21.4 Å². The monoisotopic (exact) mass is 737 g/mol. The van der Waals surface area contributed by atoms with Crippen molar-refractivity contribution >= 4 is 50.7 Å². The molecule has 4 aromatic rings. The predicted molar refractivity (Wildman–Crippen MR) is 196 cm³/mol. The molecule has 1 fully saturated rings. The first-order valence-corrected chi connectivity index (χ1v) is 18.7. The zero-order valence-electron chi connectivity index (χ0n) is 28.1. The molecule has 5 rings (SSSR count). The van der Waals surface area contributed by atoms with E-state index >= 15 is 0 Å². The second-order valence-corrected chi connectivity index (χ2v) is 14.8. The summed E-state index contributed by atoms with van der Waals surface area (Å²) in [6, 6.07) is 26.0. The second kappa shape index (κ2) is 17.1. The molecule has 264 valence electrons. The number of para-hydroxylation sites is 1. The Morgan fingerprint density at radius 1 is 0.820 bits per heavy atom. The average Bonchev–Trinajstić information content (AvgIpc) is 3.13. The van der Waals surface area contributed by atoms with Gasteiger partial charge in [0.1, 0.15) is 12.6 Å². The highest BCUT2D eigenvalue weighted by Crippen LogP contribution is 2.33. The number of sulfonamides is 1. The lowest BCUT2D eigenvalue weighted by atomic mass is 9.94. The van der Waals surface area contributed by atoms with E-state index in [2.05, 4.69) is 5.32 Å². The lowest BCUT2D eigenvalue weighted by molar-refractivity contribution is -0.140. The Hall–Kier alpha value is -4.25. The van der Waals surface area contributed by atoms with Crippen molar-refractivity contribution in [2.75, 3.05) is 25.1 Å². The van der Waals surface area contributed by atoms with Crippen LogP contribution in [-0.4, -0.2) is 58.0 Å². The van der Waals surface area contributed by atoms with Gasteiger partial charge in [0.15, 0.2) is 11.5 Å². The molecular weight excluding hydrogens is 697 g/mol. The number of methoxy groups -OCH3 is 2. The maximum Gasteiger partial charge on any atom is 0.264 e. The number of anilines is 1. The SMILES string of the molecule is COc1ccc(S(=O)(=O)N(CC(=O)N(Cc2c(Cl)cccc2Cl)[C@H](Cc2ccccc2)C(=O)NC2CCCCC2)c2ccccc2)cc1OC. The molecule has 1 saturated carbocycles. The molecule has 1 atom stereocenters. The molecule has 9 nitrogen and oxygen atoms in total. The number of ether oxygens (including phenoxy) is 2. The van der Waals surface area contributed by atoms with Gasteiger partial charge in [0, 0.05) is 40.7 Å². The molecule has 0 saturated heterocycles. The molecule has 0 heterocycles. The molecule has 1 N–H and O–H groups in total. The van der Waals surface area contributed by atoms with Crippen LogP contribution in [0.2, 0.25) is 10.0 Å². The lowest BCUT2D eigenvalue weighted by Crippen LogP contribution is -2.55. The van der Waals surface area contributed by atoms with Crippen LogP contribution in [0.15, 0.2) is 102 Å². The summed E-state index contributed by atoms with van der Waals surface area (Å²) in [5, 5.41) is 3.84. The predicted octanol–water partition coefficient (Wildman–Crippen LogP) is 7.29. The summed E-state index contributed by atoms with van der Waals surface area (Å²) in [5.74, 6) is -0.380. The number of benzene rings is 4. The second-order valence-electron chi connectivity index (χ2n) is 12.1. The Morgan fingerprint density at radius 2 is 1.44 bits per heavy atom. The van der Waals surface area contributed by atoms with Gasteiger partial charge >= 0.3 is 0 Å². The van der Waals surface area contributed by atoms with E-state index in [1.165, 1.54) is 37.3 Å². The van der Waals surface area contributed by atoms with Crippen LogP contribution in [0.5, 0.6) is 11.5 Å². The van der Waals surface area contributed by atoms with Crippen molar-refractivity contribution in [3.8, 4) is 11.5 Å². The number of carbonyl (C=O) groups is 2. The fourth-order valence-corrected chi connectivity index (χ4v) is 8.13. The molecule has 1 aliphatic rings. The maximum absolute atomic E-state index is 14.8. The van der Waals surface area contributed by atoms with E-state index in [1.807, 2.05) is 30.3 Å². The molecule has 4 aromatic carbocycles. The summed E-state index contributed by atoms with van der Waals surface area (Å²) in [7, 11) is -1.49. The molecular formula is C38H41Cl2N3O6S. The summed E-state index contributed by atoms with van der Waals surface area (Å²) in [6.07, 6.45) is 5.00. The minimum atomic E-state index is -4.36. The molecule has 50 heavy (non-hydrogen) atoms. The Kier molecular flexibility index (Phi) is 12.7.